The van der Waals surface area contributed by atoms with Gasteiger partial charge in [-0.05, 0) is 24.3 Å². The summed E-state index contributed by atoms with van der Waals surface area (Å²) in [6.45, 7) is 4.16. The van der Waals surface area contributed by atoms with Crippen LogP contribution in [0.1, 0.15) is 39.5 Å². The molecule has 0 aliphatic rings. The fourth-order valence-electron chi connectivity index (χ4n) is 2.09. The normalized spacial score (nSPS) is 10.9. The number of carbonyl (C=O) groups excluding carboxylic acids is 1. The third kappa shape index (κ3) is 3.66. The third-order valence-electron chi connectivity index (χ3n) is 3.07. The molecule has 0 atom stereocenters. The molecule has 1 amide bonds. The first-order valence-electron chi connectivity index (χ1n) is 6.91. The Morgan fingerprint density at radius 3 is 2.70 bits per heavy atom. The first-order chi connectivity index (χ1) is 9.74. The van der Waals surface area contributed by atoms with Crippen molar-refractivity contribution < 1.29 is 9.21 Å². The molecule has 0 aliphatic carbocycles. The molecule has 0 spiro atoms. The van der Waals surface area contributed by atoms with Crippen molar-refractivity contribution in [1.29, 1.82) is 0 Å². The van der Waals surface area contributed by atoms with E-state index in [9.17, 15) is 4.79 Å². The lowest BCUT2D eigenvalue weighted by molar-refractivity contribution is -0.120. The number of hydrogen-bond acceptors (Lipinski definition) is 5. The van der Waals surface area contributed by atoms with Crippen LogP contribution in [0.3, 0.4) is 0 Å². The summed E-state index contributed by atoms with van der Waals surface area (Å²) in [6, 6.07) is 2.08. The van der Waals surface area contributed by atoms with Crippen molar-refractivity contribution in [1.82, 2.24) is 10.2 Å². The maximum Gasteiger partial charge on any atom is 0.322 e. The summed E-state index contributed by atoms with van der Waals surface area (Å²) in [5, 5.41) is 14.4. The molecule has 0 fully saturated rings. The third-order valence-corrected chi connectivity index (χ3v) is 3.75. The maximum atomic E-state index is 12.2. The van der Waals surface area contributed by atoms with Crippen molar-refractivity contribution in [2.24, 2.45) is 5.92 Å². The lowest BCUT2D eigenvalue weighted by Gasteiger charge is -2.12. The van der Waals surface area contributed by atoms with Gasteiger partial charge in [0.1, 0.15) is 0 Å². The Kier molecular flexibility index (Phi) is 5.29. The zero-order valence-electron chi connectivity index (χ0n) is 11.8. The highest BCUT2D eigenvalue weighted by molar-refractivity contribution is 7.08. The molecule has 0 saturated heterocycles. The van der Waals surface area contributed by atoms with Crippen LogP contribution in [0, 0.1) is 5.92 Å². The molecule has 0 radical (unpaired) electrons. The molecule has 2 rings (SSSR count). The summed E-state index contributed by atoms with van der Waals surface area (Å²) in [4.78, 5) is 12.2. The molecule has 5 nitrogen and oxygen atoms in total. The van der Waals surface area contributed by atoms with E-state index < -0.39 is 0 Å². The van der Waals surface area contributed by atoms with Gasteiger partial charge < -0.3 is 4.42 Å². The topological polar surface area (TPSA) is 68.0 Å². The number of amides is 1. The minimum atomic E-state index is -0.0331. The van der Waals surface area contributed by atoms with E-state index in [0.717, 1.165) is 31.2 Å². The summed E-state index contributed by atoms with van der Waals surface area (Å²) in [5.41, 5.74) is 0.877. The predicted octanol–water partition coefficient (Wildman–Crippen LogP) is 3.95. The van der Waals surface area contributed by atoms with Gasteiger partial charge >= 0.3 is 6.01 Å². The molecule has 2 aromatic rings. The zero-order chi connectivity index (χ0) is 14.4. The van der Waals surface area contributed by atoms with E-state index in [1.807, 2.05) is 16.8 Å². The van der Waals surface area contributed by atoms with E-state index in [4.69, 9.17) is 4.42 Å². The van der Waals surface area contributed by atoms with Gasteiger partial charge in [0.05, 0.1) is 0 Å². The fraction of sp³-hybridized carbons (Fsp3) is 0.500. The number of carbonyl (C=O) groups is 1. The Hall–Kier alpha value is -1.69. The number of thiophene rings is 1. The second kappa shape index (κ2) is 7.19. The van der Waals surface area contributed by atoms with Crippen LogP contribution in [-0.2, 0) is 4.79 Å². The first kappa shape index (κ1) is 14.7. The highest BCUT2D eigenvalue weighted by atomic mass is 32.1. The van der Waals surface area contributed by atoms with Gasteiger partial charge in [0.25, 0.3) is 5.89 Å². The smallest absolute Gasteiger partial charge is 0.322 e. The number of nitrogens with zero attached hydrogens (tertiary/aromatic N) is 2. The molecule has 2 heterocycles. The zero-order valence-corrected chi connectivity index (χ0v) is 12.6. The van der Waals surface area contributed by atoms with Crippen molar-refractivity contribution in [3.05, 3.63) is 16.8 Å². The molecule has 0 aromatic carbocycles. The molecule has 0 saturated carbocycles. The van der Waals surface area contributed by atoms with Crippen LogP contribution in [0.5, 0.6) is 0 Å². The molecule has 1 N–H and O–H groups in total. The summed E-state index contributed by atoms with van der Waals surface area (Å²) >= 11 is 1.56. The molecule has 0 unspecified atom stereocenters. The average Bonchev–Trinajstić information content (AvgIpc) is 3.08. The van der Waals surface area contributed by atoms with Gasteiger partial charge in [0, 0.05) is 16.9 Å². The minimum Gasteiger partial charge on any atom is -0.403 e. The molecular formula is C14H19N3O2S. The number of hydrogen-bond donors (Lipinski definition) is 1. The van der Waals surface area contributed by atoms with E-state index >= 15 is 0 Å². The van der Waals surface area contributed by atoms with Gasteiger partial charge in [-0.25, -0.2) is 0 Å². The molecule has 6 heteroatoms. The Balaban J connectivity index is 2.00. The van der Waals surface area contributed by atoms with E-state index in [1.165, 1.54) is 0 Å². The van der Waals surface area contributed by atoms with Gasteiger partial charge in [-0.3, -0.25) is 10.1 Å². The van der Waals surface area contributed by atoms with Crippen molar-refractivity contribution >= 4 is 23.3 Å². The first-order valence-corrected chi connectivity index (χ1v) is 7.85. The lowest BCUT2D eigenvalue weighted by atomic mass is 9.97. The fourth-order valence-corrected chi connectivity index (χ4v) is 2.72. The lowest BCUT2D eigenvalue weighted by Crippen LogP contribution is -2.22. The van der Waals surface area contributed by atoms with Crippen molar-refractivity contribution in [3.63, 3.8) is 0 Å². The number of anilines is 1. The second-order valence-electron chi connectivity index (χ2n) is 4.69. The van der Waals surface area contributed by atoms with Crippen molar-refractivity contribution in [3.8, 4) is 11.5 Å². The largest absolute Gasteiger partial charge is 0.403 e. The number of rotatable bonds is 7. The monoisotopic (exact) mass is 293 g/mol. The summed E-state index contributed by atoms with van der Waals surface area (Å²) in [5.74, 6) is 0.416. The maximum absolute atomic E-state index is 12.2. The van der Waals surface area contributed by atoms with Crippen LogP contribution in [-0.4, -0.2) is 16.1 Å². The van der Waals surface area contributed by atoms with Gasteiger partial charge in [-0.2, -0.15) is 11.3 Å². The molecule has 20 heavy (non-hydrogen) atoms. The van der Waals surface area contributed by atoms with Gasteiger partial charge in [-0.1, -0.05) is 31.8 Å². The summed E-state index contributed by atoms with van der Waals surface area (Å²) in [7, 11) is 0. The van der Waals surface area contributed by atoms with Crippen LogP contribution in [0.25, 0.3) is 11.5 Å². The summed E-state index contributed by atoms with van der Waals surface area (Å²) in [6.07, 6.45) is 3.74. The van der Waals surface area contributed by atoms with E-state index in [-0.39, 0.29) is 17.8 Å². The Bertz CT molecular complexity index is 530. The average molecular weight is 293 g/mol. The molecule has 0 aliphatic heterocycles. The SMILES string of the molecule is CCCC(CCC)C(=O)Nc1nnc(-c2ccsc2)o1. The minimum absolute atomic E-state index is 0.0153. The highest BCUT2D eigenvalue weighted by Crippen LogP contribution is 2.23. The molecule has 108 valence electrons. The van der Waals surface area contributed by atoms with Crippen molar-refractivity contribution in [2.45, 2.75) is 39.5 Å². The Morgan fingerprint density at radius 2 is 2.10 bits per heavy atom. The predicted molar refractivity (Wildman–Crippen MR) is 79.5 cm³/mol. The molecule has 0 bridgehead atoms. The van der Waals surface area contributed by atoms with E-state index in [1.54, 1.807) is 11.3 Å². The van der Waals surface area contributed by atoms with Crippen LogP contribution in [0.4, 0.5) is 6.01 Å². The van der Waals surface area contributed by atoms with Gasteiger partial charge in [-0.15, -0.1) is 5.10 Å². The van der Waals surface area contributed by atoms with Crippen LogP contribution >= 0.6 is 11.3 Å². The van der Waals surface area contributed by atoms with Gasteiger partial charge in [0.15, 0.2) is 0 Å². The van der Waals surface area contributed by atoms with Crippen LogP contribution in [0.2, 0.25) is 0 Å². The quantitative estimate of drug-likeness (QED) is 0.839. The number of nitrogens with one attached hydrogen (secondary N) is 1. The second-order valence-corrected chi connectivity index (χ2v) is 5.47. The van der Waals surface area contributed by atoms with Crippen LogP contribution < -0.4 is 5.32 Å². The van der Waals surface area contributed by atoms with Crippen LogP contribution in [0.15, 0.2) is 21.2 Å². The summed E-state index contributed by atoms with van der Waals surface area (Å²) < 4.78 is 5.46. The molecular weight excluding hydrogens is 274 g/mol. The van der Waals surface area contributed by atoms with E-state index in [2.05, 4.69) is 29.4 Å². The van der Waals surface area contributed by atoms with Crippen molar-refractivity contribution in [2.75, 3.05) is 5.32 Å². The number of aromatic nitrogens is 2. The Labute approximate surface area is 122 Å². The standard InChI is InChI=1S/C14H19N3O2S/c1-3-5-10(6-4-2)12(18)15-14-17-16-13(19-14)11-7-8-20-9-11/h7-10H,3-6H2,1-2H3,(H,15,17,18). The Morgan fingerprint density at radius 1 is 1.35 bits per heavy atom. The van der Waals surface area contributed by atoms with E-state index in [0.29, 0.717) is 5.89 Å². The van der Waals surface area contributed by atoms with Gasteiger partial charge in [0.2, 0.25) is 5.91 Å². The molecule has 2 aromatic heterocycles. The highest BCUT2D eigenvalue weighted by Gasteiger charge is 2.19.